The van der Waals surface area contributed by atoms with Gasteiger partial charge in [0, 0.05) is 13.2 Å². The first kappa shape index (κ1) is 15.2. The number of hydrogen-bond acceptors (Lipinski definition) is 2. The van der Waals surface area contributed by atoms with Crippen LogP contribution >= 0.6 is 0 Å². The van der Waals surface area contributed by atoms with Crippen LogP contribution < -0.4 is 5.32 Å². The fourth-order valence-electron chi connectivity index (χ4n) is 2.28. The van der Waals surface area contributed by atoms with Crippen LogP contribution in [-0.2, 0) is 6.54 Å². The van der Waals surface area contributed by atoms with E-state index in [0.717, 1.165) is 19.5 Å². The molecule has 0 bridgehead atoms. The number of hydrogen-bond donors (Lipinski definition) is 2. The summed E-state index contributed by atoms with van der Waals surface area (Å²) in [4.78, 5) is 0. The van der Waals surface area contributed by atoms with Crippen molar-refractivity contribution in [2.75, 3.05) is 13.2 Å². The van der Waals surface area contributed by atoms with Crippen molar-refractivity contribution < 1.29 is 5.11 Å². The Morgan fingerprint density at radius 3 is 2.39 bits per heavy atom. The van der Waals surface area contributed by atoms with Crippen LogP contribution in [-0.4, -0.2) is 18.3 Å². The first-order valence-corrected chi connectivity index (χ1v) is 6.99. The summed E-state index contributed by atoms with van der Waals surface area (Å²) in [5.41, 5.74) is 2.63. The van der Waals surface area contributed by atoms with Gasteiger partial charge in [0.25, 0.3) is 0 Å². The summed E-state index contributed by atoms with van der Waals surface area (Å²) in [6.07, 6.45) is 2.08. The second-order valence-corrected chi connectivity index (χ2v) is 5.62. The molecular weight excluding hydrogens is 222 g/mol. The third-order valence-electron chi connectivity index (χ3n) is 3.22. The van der Waals surface area contributed by atoms with Crippen LogP contribution in [0.5, 0.6) is 0 Å². The first-order valence-electron chi connectivity index (χ1n) is 6.99. The number of nitrogens with one attached hydrogen (secondary N) is 1. The van der Waals surface area contributed by atoms with Gasteiger partial charge in [-0.2, -0.15) is 0 Å². The van der Waals surface area contributed by atoms with Crippen LogP contribution in [0.15, 0.2) is 24.3 Å². The molecule has 102 valence electrons. The molecule has 0 saturated heterocycles. The predicted molar refractivity (Wildman–Crippen MR) is 77.5 cm³/mol. The standard InChI is InChI=1S/C16H27NO/c1-13(2)10-16(8-9-18)12-17-11-15-6-4-14(3)5-7-15/h4-7,13,16-18H,8-12H2,1-3H3. The Bertz CT molecular complexity index is 318. The molecule has 0 aliphatic heterocycles. The van der Waals surface area contributed by atoms with Gasteiger partial charge in [0.15, 0.2) is 0 Å². The summed E-state index contributed by atoms with van der Waals surface area (Å²) in [6, 6.07) is 8.64. The van der Waals surface area contributed by atoms with E-state index < -0.39 is 0 Å². The molecule has 2 N–H and O–H groups in total. The molecule has 0 radical (unpaired) electrons. The zero-order valence-electron chi connectivity index (χ0n) is 11.9. The highest BCUT2D eigenvalue weighted by Gasteiger charge is 2.09. The van der Waals surface area contributed by atoms with Gasteiger partial charge in [-0.15, -0.1) is 0 Å². The normalized spacial score (nSPS) is 12.9. The number of rotatable bonds is 8. The molecule has 0 fully saturated rings. The second-order valence-electron chi connectivity index (χ2n) is 5.62. The van der Waals surface area contributed by atoms with E-state index in [2.05, 4.69) is 50.4 Å². The van der Waals surface area contributed by atoms with Gasteiger partial charge in [0.1, 0.15) is 0 Å². The summed E-state index contributed by atoms with van der Waals surface area (Å²) in [5.74, 6) is 1.28. The molecule has 0 heterocycles. The zero-order chi connectivity index (χ0) is 13.4. The zero-order valence-corrected chi connectivity index (χ0v) is 11.9. The molecule has 0 amide bonds. The Hall–Kier alpha value is -0.860. The van der Waals surface area contributed by atoms with Crippen LogP contribution in [0, 0.1) is 18.8 Å². The third kappa shape index (κ3) is 6.18. The van der Waals surface area contributed by atoms with Crippen molar-refractivity contribution in [1.29, 1.82) is 0 Å². The smallest absolute Gasteiger partial charge is 0.0434 e. The highest BCUT2D eigenvalue weighted by Crippen LogP contribution is 2.14. The van der Waals surface area contributed by atoms with Gasteiger partial charge >= 0.3 is 0 Å². The monoisotopic (exact) mass is 249 g/mol. The summed E-state index contributed by atoms with van der Waals surface area (Å²) in [7, 11) is 0. The molecule has 1 rings (SSSR count). The Morgan fingerprint density at radius 2 is 1.83 bits per heavy atom. The second kappa shape index (κ2) is 8.28. The number of aliphatic hydroxyl groups is 1. The number of aliphatic hydroxyl groups excluding tert-OH is 1. The lowest BCUT2D eigenvalue weighted by molar-refractivity contribution is 0.239. The van der Waals surface area contributed by atoms with Gasteiger partial charge in [0.05, 0.1) is 0 Å². The third-order valence-corrected chi connectivity index (χ3v) is 3.22. The van der Waals surface area contributed by atoms with Gasteiger partial charge < -0.3 is 10.4 Å². The van der Waals surface area contributed by atoms with Crippen LogP contribution in [0.4, 0.5) is 0 Å². The minimum absolute atomic E-state index is 0.295. The van der Waals surface area contributed by atoms with E-state index >= 15 is 0 Å². The maximum Gasteiger partial charge on any atom is 0.0434 e. The van der Waals surface area contributed by atoms with Crippen molar-refractivity contribution in [3.63, 3.8) is 0 Å². The van der Waals surface area contributed by atoms with Crippen molar-refractivity contribution >= 4 is 0 Å². The van der Waals surface area contributed by atoms with Gasteiger partial charge in [-0.25, -0.2) is 0 Å². The van der Waals surface area contributed by atoms with Crippen LogP contribution in [0.3, 0.4) is 0 Å². The van der Waals surface area contributed by atoms with Crippen molar-refractivity contribution in [2.45, 2.75) is 40.2 Å². The van der Waals surface area contributed by atoms with E-state index in [9.17, 15) is 0 Å². The van der Waals surface area contributed by atoms with Crippen molar-refractivity contribution in [1.82, 2.24) is 5.32 Å². The van der Waals surface area contributed by atoms with E-state index in [0.29, 0.717) is 18.4 Å². The Balaban J connectivity index is 2.31. The van der Waals surface area contributed by atoms with E-state index in [4.69, 9.17) is 5.11 Å². The average molecular weight is 249 g/mol. The molecule has 0 spiro atoms. The average Bonchev–Trinajstić information content (AvgIpc) is 2.31. The van der Waals surface area contributed by atoms with E-state index in [1.165, 1.54) is 17.5 Å². The summed E-state index contributed by atoms with van der Waals surface area (Å²) in [5, 5.41) is 12.6. The molecule has 1 aromatic carbocycles. The minimum Gasteiger partial charge on any atom is -0.396 e. The van der Waals surface area contributed by atoms with Crippen LogP contribution in [0.1, 0.15) is 37.8 Å². The summed E-state index contributed by atoms with van der Waals surface area (Å²) >= 11 is 0. The molecular formula is C16H27NO. The van der Waals surface area contributed by atoms with Crippen molar-refractivity contribution in [2.24, 2.45) is 11.8 Å². The van der Waals surface area contributed by atoms with Crippen LogP contribution in [0.2, 0.25) is 0 Å². The predicted octanol–water partition coefficient (Wildman–Crippen LogP) is 3.13. The summed E-state index contributed by atoms with van der Waals surface area (Å²) in [6.45, 7) is 8.79. The van der Waals surface area contributed by atoms with Gasteiger partial charge in [-0.1, -0.05) is 43.7 Å². The van der Waals surface area contributed by atoms with Gasteiger partial charge in [-0.3, -0.25) is 0 Å². The van der Waals surface area contributed by atoms with E-state index in [1.807, 2.05) is 0 Å². The van der Waals surface area contributed by atoms with Gasteiger partial charge in [-0.05, 0) is 43.7 Å². The molecule has 2 nitrogen and oxygen atoms in total. The minimum atomic E-state index is 0.295. The molecule has 2 heteroatoms. The fourth-order valence-corrected chi connectivity index (χ4v) is 2.28. The maximum atomic E-state index is 9.07. The molecule has 0 aliphatic carbocycles. The Labute approximate surface area is 111 Å². The first-order chi connectivity index (χ1) is 8.61. The van der Waals surface area contributed by atoms with Crippen LogP contribution in [0.25, 0.3) is 0 Å². The lowest BCUT2D eigenvalue weighted by Gasteiger charge is -2.18. The Kier molecular flexibility index (Phi) is 6.99. The molecule has 1 unspecified atom stereocenters. The number of aryl methyl sites for hydroxylation is 1. The Morgan fingerprint density at radius 1 is 1.17 bits per heavy atom. The SMILES string of the molecule is Cc1ccc(CNCC(CCO)CC(C)C)cc1. The highest BCUT2D eigenvalue weighted by atomic mass is 16.3. The maximum absolute atomic E-state index is 9.07. The highest BCUT2D eigenvalue weighted by molar-refractivity contribution is 5.21. The molecule has 1 aromatic rings. The lowest BCUT2D eigenvalue weighted by atomic mass is 9.94. The molecule has 18 heavy (non-hydrogen) atoms. The quantitative estimate of drug-likeness (QED) is 0.742. The topological polar surface area (TPSA) is 32.3 Å². The molecule has 0 saturated carbocycles. The molecule has 0 aliphatic rings. The van der Waals surface area contributed by atoms with Crippen molar-refractivity contribution in [3.05, 3.63) is 35.4 Å². The van der Waals surface area contributed by atoms with Crippen molar-refractivity contribution in [3.8, 4) is 0 Å². The molecule has 0 aromatic heterocycles. The van der Waals surface area contributed by atoms with E-state index in [1.54, 1.807) is 0 Å². The fraction of sp³-hybridized carbons (Fsp3) is 0.625. The van der Waals surface area contributed by atoms with E-state index in [-0.39, 0.29) is 0 Å². The lowest BCUT2D eigenvalue weighted by Crippen LogP contribution is -2.24. The largest absolute Gasteiger partial charge is 0.396 e. The summed E-state index contributed by atoms with van der Waals surface area (Å²) < 4.78 is 0. The van der Waals surface area contributed by atoms with Gasteiger partial charge in [0.2, 0.25) is 0 Å². The molecule has 1 atom stereocenters. The number of benzene rings is 1.